The van der Waals surface area contributed by atoms with Crippen LogP contribution >= 0.6 is 0 Å². The smallest absolute Gasteiger partial charge is 0.306 e. The molecule has 0 bridgehead atoms. The van der Waals surface area contributed by atoms with Gasteiger partial charge in [0, 0.05) is 24.7 Å². The number of carboxylic acid groups (broad SMARTS) is 1. The van der Waals surface area contributed by atoms with Gasteiger partial charge in [-0.25, -0.2) is 4.98 Å². The van der Waals surface area contributed by atoms with Crippen molar-refractivity contribution in [3.8, 4) is 0 Å². The summed E-state index contributed by atoms with van der Waals surface area (Å²) in [5.74, 6) is -1.52. The van der Waals surface area contributed by atoms with E-state index in [0.29, 0.717) is 18.5 Å². The van der Waals surface area contributed by atoms with Crippen molar-refractivity contribution in [2.24, 2.45) is 11.8 Å². The van der Waals surface area contributed by atoms with Crippen molar-refractivity contribution in [1.29, 1.82) is 0 Å². The van der Waals surface area contributed by atoms with Gasteiger partial charge in [-0.1, -0.05) is 0 Å². The van der Waals surface area contributed by atoms with Crippen molar-refractivity contribution in [3.05, 3.63) is 24.5 Å². The first kappa shape index (κ1) is 16.4. The molecule has 0 aliphatic heterocycles. The van der Waals surface area contributed by atoms with Gasteiger partial charge < -0.3 is 19.9 Å². The SMILES string of the molecule is CN(C)CCn1cnc2cc(NC(=O)C3CC(C(=O)O)C3)ccc21. The van der Waals surface area contributed by atoms with Crippen LogP contribution in [0.25, 0.3) is 11.0 Å². The lowest BCUT2D eigenvalue weighted by Crippen LogP contribution is -2.38. The van der Waals surface area contributed by atoms with E-state index < -0.39 is 5.97 Å². The van der Waals surface area contributed by atoms with Gasteiger partial charge in [-0.3, -0.25) is 9.59 Å². The molecule has 24 heavy (non-hydrogen) atoms. The average Bonchev–Trinajstić information content (AvgIpc) is 2.85. The molecule has 2 N–H and O–H groups in total. The van der Waals surface area contributed by atoms with Crippen LogP contribution < -0.4 is 5.32 Å². The number of anilines is 1. The van der Waals surface area contributed by atoms with Crippen molar-refractivity contribution in [2.75, 3.05) is 26.0 Å². The topological polar surface area (TPSA) is 87.5 Å². The molecule has 7 heteroatoms. The molecule has 1 aliphatic carbocycles. The van der Waals surface area contributed by atoms with Crippen molar-refractivity contribution in [3.63, 3.8) is 0 Å². The maximum Gasteiger partial charge on any atom is 0.306 e. The van der Waals surface area contributed by atoms with E-state index in [-0.39, 0.29) is 17.7 Å². The molecule has 2 aromatic rings. The molecular weight excluding hydrogens is 308 g/mol. The summed E-state index contributed by atoms with van der Waals surface area (Å²) in [6.45, 7) is 1.78. The van der Waals surface area contributed by atoms with Crippen molar-refractivity contribution in [2.45, 2.75) is 19.4 Å². The second kappa shape index (κ2) is 6.60. The van der Waals surface area contributed by atoms with Crippen LogP contribution in [-0.4, -0.2) is 52.1 Å². The fourth-order valence-electron chi connectivity index (χ4n) is 2.91. The summed E-state index contributed by atoms with van der Waals surface area (Å²) in [6.07, 6.45) is 2.65. The Kier molecular flexibility index (Phi) is 4.53. The second-order valence-corrected chi connectivity index (χ2v) is 6.64. The highest BCUT2D eigenvalue weighted by Gasteiger charge is 2.38. The van der Waals surface area contributed by atoms with E-state index in [9.17, 15) is 9.59 Å². The first-order valence-electron chi connectivity index (χ1n) is 8.07. The minimum atomic E-state index is -0.816. The zero-order valence-corrected chi connectivity index (χ0v) is 13.9. The van der Waals surface area contributed by atoms with E-state index >= 15 is 0 Å². The quantitative estimate of drug-likeness (QED) is 0.841. The van der Waals surface area contributed by atoms with Gasteiger partial charge in [-0.2, -0.15) is 0 Å². The van der Waals surface area contributed by atoms with Gasteiger partial charge in [-0.15, -0.1) is 0 Å². The molecule has 0 unspecified atom stereocenters. The van der Waals surface area contributed by atoms with Gasteiger partial charge in [0.05, 0.1) is 23.3 Å². The van der Waals surface area contributed by atoms with Crippen LogP contribution in [0.5, 0.6) is 0 Å². The minimum absolute atomic E-state index is 0.112. The summed E-state index contributed by atoms with van der Waals surface area (Å²) in [6, 6.07) is 5.67. The van der Waals surface area contributed by atoms with Crippen LogP contribution in [0.4, 0.5) is 5.69 Å². The molecule has 0 radical (unpaired) electrons. The number of carboxylic acids is 1. The van der Waals surface area contributed by atoms with E-state index in [1.807, 2.05) is 38.6 Å². The Balaban J connectivity index is 1.64. The van der Waals surface area contributed by atoms with E-state index in [0.717, 1.165) is 24.1 Å². The molecule has 1 saturated carbocycles. The van der Waals surface area contributed by atoms with E-state index in [2.05, 4.69) is 19.8 Å². The molecule has 1 aliphatic rings. The summed E-state index contributed by atoms with van der Waals surface area (Å²) in [5, 5.41) is 11.7. The molecule has 1 aromatic heterocycles. The number of aromatic nitrogens is 2. The predicted molar refractivity (Wildman–Crippen MR) is 90.8 cm³/mol. The van der Waals surface area contributed by atoms with Gasteiger partial charge >= 0.3 is 5.97 Å². The zero-order chi connectivity index (χ0) is 17.3. The maximum atomic E-state index is 12.1. The third kappa shape index (κ3) is 3.41. The van der Waals surface area contributed by atoms with E-state index in [1.54, 1.807) is 0 Å². The Bertz CT molecular complexity index is 762. The van der Waals surface area contributed by atoms with E-state index in [1.165, 1.54) is 0 Å². The van der Waals surface area contributed by atoms with Gasteiger partial charge in [0.15, 0.2) is 0 Å². The van der Waals surface area contributed by atoms with Crippen LogP contribution in [0, 0.1) is 11.8 Å². The number of aliphatic carboxylic acids is 1. The minimum Gasteiger partial charge on any atom is -0.481 e. The van der Waals surface area contributed by atoms with Crippen LogP contribution in [0.2, 0.25) is 0 Å². The summed E-state index contributed by atoms with van der Waals surface area (Å²) in [5.41, 5.74) is 2.57. The summed E-state index contributed by atoms with van der Waals surface area (Å²) in [4.78, 5) is 29.5. The number of fused-ring (bicyclic) bond motifs is 1. The highest BCUT2D eigenvalue weighted by atomic mass is 16.4. The Morgan fingerprint density at radius 1 is 1.33 bits per heavy atom. The highest BCUT2D eigenvalue weighted by molar-refractivity contribution is 5.95. The van der Waals surface area contributed by atoms with Gasteiger partial charge in [0.1, 0.15) is 0 Å². The zero-order valence-electron chi connectivity index (χ0n) is 13.9. The fourth-order valence-corrected chi connectivity index (χ4v) is 2.91. The number of imidazole rings is 1. The van der Waals surface area contributed by atoms with Crippen LogP contribution in [0.15, 0.2) is 24.5 Å². The number of nitrogens with zero attached hydrogens (tertiary/aromatic N) is 3. The molecule has 7 nitrogen and oxygen atoms in total. The lowest BCUT2D eigenvalue weighted by molar-refractivity contribution is -0.147. The molecule has 1 heterocycles. The molecule has 1 aromatic carbocycles. The normalized spacial score (nSPS) is 20.1. The average molecular weight is 330 g/mol. The number of rotatable bonds is 6. The number of amides is 1. The molecular formula is C17H22N4O3. The Labute approximate surface area is 140 Å². The largest absolute Gasteiger partial charge is 0.481 e. The predicted octanol–water partition coefficient (Wildman–Crippen LogP) is 1.65. The van der Waals surface area contributed by atoms with Crippen molar-refractivity contribution < 1.29 is 14.7 Å². The van der Waals surface area contributed by atoms with Crippen molar-refractivity contribution >= 4 is 28.6 Å². The number of nitrogens with one attached hydrogen (secondary N) is 1. The van der Waals surface area contributed by atoms with Gasteiger partial charge in [0.2, 0.25) is 5.91 Å². The van der Waals surface area contributed by atoms with Crippen molar-refractivity contribution in [1.82, 2.24) is 14.5 Å². The monoisotopic (exact) mass is 330 g/mol. The molecule has 128 valence electrons. The molecule has 0 saturated heterocycles. The van der Waals surface area contributed by atoms with E-state index in [4.69, 9.17) is 5.11 Å². The number of hydrogen-bond donors (Lipinski definition) is 2. The molecule has 1 amide bonds. The maximum absolute atomic E-state index is 12.1. The number of carbonyl (C=O) groups excluding carboxylic acids is 1. The molecule has 0 atom stereocenters. The van der Waals surface area contributed by atoms with Crippen LogP contribution in [0.1, 0.15) is 12.8 Å². The lowest BCUT2D eigenvalue weighted by atomic mass is 9.74. The fraction of sp³-hybridized carbons (Fsp3) is 0.471. The second-order valence-electron chi connectivity index (χ2n) is 6.64. The van der Waals surface area contributed by atoms with Crippen LogP contribution in [0.3, 0.4) is 0 Å². The molecule has 3 rings (SSSR count). The number of likely N-dealkylation sites (N-methyl/N-ethyl adjacent to an activating group) is 1. The Morgan fingerprint density at radius 2 is 2.08 bits per heavy atom. The molecule has 0 spiro atoms. The number of benzene rings is 1. The Morgan fingerprint density at radius 3 is 2.75 bits per heavy atom. The summed E-state index contributed by atoms with van der Waals surface area (Å²) < 4.78 is 2.09. The summed E-state index contributed by atoms with van der Waals surface area (Å²) >= 11 is 0. The first-order chi connectivity index (χ1) is 11.4. The number of carbonyl (C=O) groups is 2. The summed E-state index contributed by atoms with van der Waals surface area (Å²) in [7, 11) is 4.06. The third-order valence-corrected chi connectivity index (χ3v) is 4.53. The van der Waals surface area contributed by atoms with Gasteiger partial charge in [0.25, 0.3) is 0 Å². The van der Waals surface area contributed by atoms with Crippen LogP contribution in [-0.2, 0) is 16.1 Å². The first-order valence-corrected chi connectivity index (χ1v) is 8.07. The highest BCUT2D eigenvalue weighted by Crippen LogP contribution is 2.34. The van der Waals surface area contributed by atoms with Gasteiger partial charge in [-0.05, 0) is 45.1 Å². The Hall–Kier alpha value is -2.41. The lowest BCUT2D eigenvalue weighted by Gasteiger charge is -2.30. The number of hydrogen-bond acceptors (Lipinski definition) is 4. The molecule has 1 fully saturated rings. The standard InChI is InChI=1S/C17H22N4O3/c1-20(2)5-6-21-10-18-14-9-13(3-4-15(14)21)19-16(22)11-7-12(8-11)17(23)24/h3-4,9-12H,5-8H2,1-2H3,(H,19,22)(H,23,24). The third-order valence-electron chi connectivity index (χ3n) is 4.53.